The molecule has 3 aromatic rings. The highest BCUT2D eigenvalue weighted by Gasteiger charge is 2.49. The van der Waals surface area contributed by atoms with Crippen LogP contribution in [0.4, 0.5) is 0 Å². The second kappa shape index (κ2) is 28.3. The molecule has 3 saturated heterocycles. The number of phosphoric acid groups is 1. The van der Waals surface area contributed by atoms with Crippen LogP contribution in [0.3, 0.4) is 0 Å². The Bertz CT molecular complexity index is 1930. The average Bonchev–Trinajstić information content (AvgIpc) is 3.79. The van der Waals surface area contributed by atoms with E-state index in [0.717, 1.165) is 54.6 Å². The molecule has 10 nitrogen and oxygen atoms in total. The van der Waals surface area contributed by atoms with Crippen molar-refractivity contribution in [3.8, 4) is 17.2 Å². The van der Waals surface area contributed by atoms with Gasteiger partial charge in [0.15, 0.2) is 0 Å². The van der Waals surface area contributed by atoms with Gasteiger partial charge in [-0.05, 0) is 129 Å². The predicted molar refractivity (Wildman–Crippen MR) is 298 cm³/mol. The zero-order chi connectivity index (χ0) is 53.4. The summed E-state index contributed by atoms with van der Waals surface area (Å²) in [7, 11) is -0.0705. The molecular formula is C63H96N3O7P. The van der Waals surface area contributed by atoms with E-state index < -0.39 is 7.82 Å². The molecule has 0 unspecified atom stereocenters. The lowest BCUT2D eigenvalue weighted by Gasteiger charge is -2.43. The monoisotopic (exact) mass is 1040 g/mol. The highest BCUT2D eigenvalue weighted by molar-refractivity contribution is 7.40. The van der Waals surface area contributed by atoms with Gasteiger partial charge in [0, 0.05) is 34.4 Å². The molecule has 11 heteroatoms. The summed E-state index contributed by atoms with van der Waals surface area (Å²) in [6.45, 7) is 17.4. The Morgan fingerprint density at radius 3 is 1.00 bits per heavy atom. The first-order valence-corrected chi connectivity index (χ1v) is 30.3. The van der Waals surface area contributed by atoms with Crippen LogP contribution in [-0.2, 0) is 20.8 Å². The second-order valence-electron chi connectivity index (χ2n) is 24.2. The molecule has 74 heavy (non-hydrogen) atoms. The molecule has 0 aromatic heterocycles. The zero-order valence-corrected chi connectivity index (χ0v) is 48.1. The fraction of sp³-hybridized carbons (Fsp3) is 0.667. The predicted octanol–water partition coefficient (Wildman–Crippen LogP) is 11.8. The van der Waals surface area contributed by atoms with Crippen molar-refractivity contribution >= 4 is 7.82 Å². The molecule has 0 amide bonds. The van der Waals surface area contributed by atoms with Crippen LogP contribution in [0.5, 0.6) is 17.2 Å². The van der Waals surface area contributed by atoms with E-state index >= 15 is 0 Å². The molecule has 0 spiro atoms. The van der Waals surface area contributed by atoms with Crippen molar-refractivity contribution in [2.24, 2.45) is 17.8 Å². The number of rotatable bonds is 12. The Hall–Kier alpha value is -3.34. The number of benzene rings is 3. The van der Waals surface area contributed by atoms with Crippen LogP contribution in [0.25, 0.3) is 0 Å². The number of fused-ring (bicyclic) bond motifs is 3. The smallest absolute Gasteiger partial charge is 0.141 e. The van der Waals surface area contributed by atoms with E-state index in [1.165, 1.54) is 152 Å². The van der Waals surface area contributed by atoms with Gasteiger partial charge in [0.2, 0.25) is 0 Å². The summed E-state index contributed by atoms with van der Waals surface area (Å²) in [5.74, 6) is 10.4. The van der Waals surface area contributed by atoms with Gasteiger partial charge in [-0.2, -0.15) is 7.82 Å². The molecule has 3 saturated carbocycles. The van der Waals surface area contributed by atoms with Gasteiger partial charge in [-0.3, -0.25) is 16.0 Å². The lowest BCUT2D eigenvalue weighted by molar-refractivity contribution is -0.432. The SMILES string of the molecule is COc1cccc([C@@]23CCCC[C@H]2NC[C+](CC(C)C)CC3)c1.COc1cccc([C@@]23CCCC[C@H]2NC[C+](CC(C)C)CC3)c1.COc1cccc([C@@]23CCCC[C@H]2NC[C+](CC(C)C)CC3)c1.O=P([O-])([O-])[O-]. The molecule has 3 aliphatic carbocycles. The molecule has 9 rings (SSSR count). The fourth-order valence-electron chi connectivity index (χ4n) is 14.3. The molecule has 3 N–H and O–H groups in total. The Morgan fingerprint density at radius 1 is 0.486 bits per heavy atom. The van der Waals surface area contributed by atoms with Crippen molar-refractivity contribution in [3.63, 3.8) is 0 Å². The number of hydrogen-bond acceptors (Lipinski definition) is 10. The van der Waals surface area contributed by atoms with Crippen LogP contribution in [0, 0.1) is 35.5 Å². The first-order valence-electron chi connectivity index (χ1n) is 28.8. The highest BCUT2D eigenvalue weighted by Crippen LogP contribution is 2.50. The van der Waals surface area contributed by atoms with Gasteiger partial charge in [0.25, 0.3) is 0 Å². The van der Waals surface area contributed by atoms with E-state index in [-0.39, 0.29) is 0 Å². The molecular weight excluding hydrogens is 942 g/mol. The first-order chi connectivity index (χ1) is 35.4. The Labute approximate surface area is 449 Å². The number of ether oxygens (including phenoxy) is 3. The molecule has 0 radical (unpaired) electrons. The third-order valence-electron chi connectivity index (χ3n) is 17.7. The summed E-state index contributed by atoms with van der Waals surface area (Å²) in [5, 5.41) is 11.8. The second-order valence-corrected chi connectivity index (χ2v) is 25.1. The molecule has 3 aliphatic heterocycles. The molecule has 3 aromatic carbocycles. The number of methoxy groups -OCH3 is 3. The van der Waals surface area contributed by atoms with E-state index in [1.54, 1.807) is 39.1 Å². The summed E-state index contributed by atoms with van der Waals surface area (Å²) >= 11 is 0. The molecule has 6 fully saturated rings. The lowest BCUT2D eigenvalue weighted by atomic mass is 9.63. The van der Waals surface area contributed by atoms with Crippen LogP contribution < -0.4 is 44.8 Å². The van der Waals surface area contributed by atoms with Gasteiger partial charge >= 0.3 is 0 Å². The van der Waals surface area contributed by atoms with Gasteiger partial charge in [-0.15, -0.1) is 0 Å². The maximum atomic E-state index is 8.55. The summed E-state index contributed by atoms with van der Waals surface area (Å²) in [6, 6.07) is 28.4. The van der Waals surface area contributed by atoms with E-state index in [9.17, 15) is 0 Å². The normalized spacial score (nSPS) is 27.2. The van der Waals surface area contributed by atoms with Gasteiger partial charge in [-0.25, -0.2) is 0 Å². The van der Waals surface area contributed by atoms with E-state index in [1.807, 2.05) is 0 Å². The molecule has 0 bridgehead atoms. The van der Waals surface area contributed by atoms with Crippen LogP contribution in [0.2, 0.25) is 0 Å². The number of hydrogen-bond donors (Lipinski definition) is 3. The topological polar surface area (TPSA) is 150 Å². The third-order valence-corrected chi connectivity index (χ3v) is 17.7. The van der Waals surface area contributed by atoms with Gasteiger partial charge in [0.1, 0.15) is 54.6 Å². The first kappa shape index (κ1) is 59.9. The van der Waals surface area contributed by atoms with Crippen molar-refractivity contribution in [2.75, 3.05) is 41.0 Å². The van der Waals surface area contributed by atoms with Crippen LogP contribution in [-0.4, -0.2) is 59.1 Å². The van der Waals surface area contributed by atoms with Crippen molar-refractivity contribution in [1.82, 2.24) is 16.0 Å². The van der Waals surface area contributed by atoms with Crippen LogP contribution in [0.1, 0.15) is 193 Å². The molecule has 3 heterocycles. The molecule has 410 valence electrons. The summed E-state index contributed by atoms with van der Waals surface area (Å²) < 4.78 is 25.1. The fourth-order valence-corrected chi connectivity index (χ4v) is 14.3. The molecule has 6 aliphatic rings. The summed E-state index contributed by atoms with van der Waals surface area (Å²) in [5.41, 5.74) is 5.35. The maximum Gasteiger partial charge on any atom is 0.141 e. The Balaban J connectivity index is 0.000000173. The average molecular weight is 1040 g/mol. The van der Waals surface area contributed by atoms with Crippen molar-refractivity contribution in [3.05, 3.63) is 107 Å². The quantitative estimate of drug-likeness (QED) is 0.118. The number of nitrogens with one attached hydrogen (secondary N) is 3. The third kappa shape index (κ3) is 16.6. The van der Waals surface area contributed by atoms with Crippen LogP contribution in [0.15, 0.2) is 72.8 Å². The minimum Gasteiger partial charge on any atom is -0.822 e. The van der Waals surface area contributed by atoms with E-state index in [0.29, 0.717) is 34.4 Å². The van der Waals surface area contributed by atoms with E-state index in [2.05, 4.69) is 130 Å². The Kier molecular flexibility index (Phi) is 22.9. The van der Waals surface area contributed by atoms with Crippen molar-refractivity contribution in [1.29, 1.82) is 0 Å². The van der Waals surface area contributed by atoms with E-state index in [4.69, 9.17) is 33.5 Å². The maximum absolute atomic E-state index is 8.55. The standard InChI is InChI=1S/3C21H32NO.H3O4P/c3*1-16(2)13-17-10-12-21(11-5-4-9-20(21)22-15-17)18-7-6-8-19(14-18)23-3;1-5(2,3)4/h3*6-8,14,16,20,22H,4-5,9-13,15H2,1-3H3;(H3,1,2,3,4)/q3*+1;/p-3/t3*20-,21+;/m111./s1. The van der Waals surface area contributed by atoms with Gasteiger partial charge in [0.05, 0.1) is 59.9 Å². The largest absolute Gasteiger partial charge is 0.822 e. The molecule has 6 atom stereocenters. The summed E-state index contributed by atoms with van der Waals surface area (Å²) in [6.07, 6.45) is 27.6. The van der Waals surface area contributed by atoms with Gasteiger partial charge in [-0.1, -0.05) is 116 Å². The van der Waals surface area contributed by atoms with Crippen molar-refractivity contribution in [2.45, 2.75) is 211 Å². The summed E-state index contributed by atoms with van der Waals surface area (Å²) in [4.78, 5) is 25.6. The minimum atomic E-state index is -5.39. The zero-order valence-electron chi connectivity index (χ0n) is 47.2. The minimum absolute atomic E-state index is 0.297. The Morgan fingerprint density at radius 2 is 0.757 bits per heavy atom. The van der Waals surface area contributed by atoms with Gasteiger partial charge < -0.3 is 33.5 Å². The van der Waals surface area contributed by atoms with Crippen molar-refractivity contribution < 1.29 is 33.5 Å². The lowest BCUT2D eigenvalue weighted by Crippen LogP contribution is -2.49. The highest BCUT2D eigenvalue weighted by atomic mass is 31.2. The van der Waals surface area contributed by atoms with Crippen LogP contribution >= 0.6 is 7.82 Å².